The second kappa shape index (κ2) is 20.9. The van der Waals surface area contributed by atoms with E-state index < -0.39 is 103 Å². The van der Waals surface area contributed by atoms with Gasteiger partial charge in [0.25, 0.3) is 5.91 Å². The molecular weight excluding hydrogens is 1020 g/mol. The first-order chi connectivity index (χ1) is 36.7. The molecule has 5 aliphatic heterocycles. The van der Waals surface area contributed by atoms with Crippen molar-refractivity contribution in [3.8, 4) is 17.2 Å². The Labute approximate surface area is 450 Å². The van der Waals surface area contributed by atoms with Crippen LogP contribution in [0.4, 0.5) is 0 Å². The third-order valence-electron chi connectivity index (χ3n) is 18.8. The van der Waals surface area contributed by atoms with Crippen molar-refractivity contribution in [2.45, 2.75) is 148 Å². The summed E-state index contributed by atoms with van der Waals surface area (Å²) in [5.41, 5.74) is 4.92. The maximum Gasteiger partial charge on any atom is 0.252 e. The Morgan fingerprint density at radius 1 is 0.711 bits per heavy atom. The molecule has 19 nitrogen and oxygen atoms in total. The van der Waals surface area contributed by atoms with Gasteiger partial charge in [-0.3, -0.25) is 9.59 Å². The summed E-state index contributed by atoms with van der Waals surface area (Å²) < 4.78 is 38.9. The number of nitrogens with one attached hydrogen (secondary N) is 2. The van der Waals surface area contributed by atoms with Crippen LogP contribution in [-0.2, 0) is 53.9 Å². The minimum absolute atomic E-state index is 0.0230. The monoisotopic (exact) mass is 1090 g/mol. The van der Waals surface area contributed by atoms with Crippen molar-refractivity contribution in [2.24, 2.45) is 17.8 Å². The molecule has 2 unspecified atom stereocenters. The number of ether oxygens (including phenoxy) is 6. The fourth-order valence-electron chi connectivity index (χ4n) is 15.2. The Morgan fingerprint density at radius 2 is 1.29 bits per heavy atom. The summed E-state index contributed by atoms with van der Waals surface area (Å²) in [7, 11) is 7.19. The molecule has 4 bridgehead atoms. The van der Waals surface area contributed by atoms with Gasteiger partial charge in [0.15, 0.2) is 23.9 Å². The van der Waals surface area contributed by atoms with Crippen molar-refractivity contribution < 1.29 is 73.8 Å². The summed E-state index contributed by atoms with van der Waals surface area (Å²) in [4.78, 5) is 32.0. The molecule has 12 rings (SSSR count). The zero-order valence-corrected chi connectivity index (χ0v) is 44.7. The maximum absolute atomic E-state index is 13.6. The van der Waals surface area contributed by atoms with Gasteiger partial charge < -0.3 is 84.6 Å². The minimum atomic E-state index is -1.74. The van der Waals surface area contributed by atoms with E-state index in [9.17, 15) is 45.3 Å². The molecule has 0 radical (unpaired) electrons. The highest BCUT2D eigenvalue weighted by atomic mass is 33.1. The van der Waals surface area contributed by atoms with Crippen LogP contribution < -0.4 is 24.8 Å². The number of aliphatic hydroxyl groups excluding tert-OH is 7. The minimum Gasteiger partial charge on any atom is -0.490 e. The topological polar surface area (TPSA) is 262 Å². The first-order valence-corrected chi connectivity index (χ1v) is 29.7. The zero-order valence-electron chi connectivity index (χ0n) is 43.0. The molecule has 1 saturated carbocycles. The quantitative estimate of drug-likeness (QED) is 0.0568. The molecule has 2 spiro atoms. The normalized spacial score (nSPS) is 41.1. The highest BCUT2D eigenvalue weighted by Crippen LogP contribution is 2.64. The van der Waals surface area contributed by atoms with E-state index in [1.165, 1.54) is 38.3 Å². The number of likely N-dealkylation sites (N-methyl/N-ethyl adjacent to an activating group) is 2. The Balaban J connectivity index is 0.618. The fourth-order valence-corrected chi connectivity index (χ4v) is 17.0. The van der Waals surface area contributed by atoms with Crippen LogP contribution in [0.15, 0.2) is 48.6 Å². The number of hydrogen-bond donors (Lipinski definition) is 9. The number of hydrogen-bond acceptors (Lipinski definition) is 19. The van der Waals surface area contributed by atoms with Crippen molar-refractivity contribution >= 4 is 33.4 Å². The largest absolute Gasteiger partial charge is 0.490 e. The number of amides is 2. The Kier molecular flexibility index (Phi) is 14.6. The van der Waals surface area contributed by atoms with E-state index in [1.54, 1.807) is 0 Å². The lowest BCUT2D eigenvalue weighted by Crippen LogP contribution is -2.66. The lowest BCUT2D eigenvalue weighted by molar-refractivity contribution is -0.304. The molecular formula is C55H72N4O15S2. The Bertz CT molecular complexity index is 2440. The lowest BCUT2D eigenvalue weighted by atomic mass is 9.53. The molecule has 10 aliphatic rings. The van der Waals surface area contributed by atoms with Crippen LogP contribution in [0, 0.1) is 17.8 Å². The Hall–Kier alpha value is -3.52. The second-order valence-electron chi connectivity index (χ2n) is 22.6. The van der Waals surface area contributed by atoms with Crippen molar-refractivity contribution in [2.75, 3.05) is 65.0 Å². The molecule has 3 saturated heterocycles. The van der Waals surface area contributed by atoms with Gasteiger partial charge in [0.05, 0.1) is 24.7 Å². The number of aliphatic hydroxyl groups is 7. The molecule has 9 N–H and O–H groups in total. The summed E-state index contributed by atoms with van der Waals surface area (Å²) in [6.07, 6.45) is -3.83. The van der Waals surface area contributed by atoms with Crippen molar-refractivity contribution in [1.29, 1.82) is 0 Å². The van der Waals surface area contributed by atoms with Gasteiger partial charge in [0.2, 0.25) is 5.91 Å². The van der Waals surface area contributed by atoms with Crippen molar-refractivity contribution in [1.82, 2.24) is 20.4 Å². The SMILES string of the molecule is CCOc1ccc2c3c1O[C@H]1[C@@H](O[C@@H]4C[C@H](C(=O)NCCSSCCNC(=O)[C@H]5O[C@@H](O[C@H]6C=CC7[C@H]8Cc9ccc(CCO)c%10c9[C@@]7(CCN8C)[C@H]6O%10)[C@H](O)[C@@H](O)[C@@H]5O)[C@@H](O)[C@H](O)[C@H]4O)C=CC4[C@@H](C2)N(C)CC[C@@]341. The number of likely N-dealkylation sites (tertiary alicyclic amines) is 2. The predicted octanol–water partition coefficient (Wildman–Crippen LogP) is -0.127. The van der Waals surface area contributed by atoms with E-state index in [0.29, 0.717) is 30.3 Å². The first-order valence-electron chi connectivity index (χ1n) is 27.2. The summed E-state index contributed by atoms with van der Waals surface area (Å²) >= 11 is 0. The van der Waals surface area contributed by atoms with E-state index in [4.69, 9.17) is 28.4 Å². The highest BCUT2D eigenvalue weighted by molar-refractivity contribution is 8.76. The summed E-state index contributed by atoms with van der Waals surface area (Å²) in [5, 5.41) is 82.1. The van der Waals surface area contributed by atoms with Gasteiger partial charge in [-0.15, -0.1) is 0 Å². The molecule has 414 valence electrons. The molecule has 2 aromatic rings. The average molecular weight is 1090 g/mol. The standard InChI is InChI=1S/C55H72N4O15S2/c1-4-69-34-10-7-28-24-33-31-8-11-35(49-55(31,15-19-59(33)3)39(28)47(34)73-49)70-37-25-29(40(61)42(63)41(37)62)51(67)56-16-21-75-76-22-17-57-52(68)48-44(65)43(64)45(66)53(74-48)71-36-12-9-30-32-23-27-6-5-26(13-20-60)46-38(27)54(30,50(36)72-46)14-18-58(32)2/h5-12,29-33,35-37,40-45,48-50,53,60-66H,4,13-25H2,1-3H3,(H,56,67)(H,57,68)/t29-,30?,31?,32+,33+,35-,36-,37+,40+,41-,42-,43-,44-,45+,48-,49-,50-,53+,54-,55-/m0/s1. The number of rotatable bonds is 17. The average Bonchev–Trinajstić information content (AvgIpc) is 4.10. The second-order valence-corrected chi connectivity index (χ2v) is 25.3. The summed E-state index contributed by atoms with van der Waals surface area (Å²) in [6.45, 7) is 4.54. The van der Waals surface area contributed by atoms with Crippen LogP contribution in [0.1, 0.15) is 54.0 Å². The van der Waals surface area contributed by atoms with E-state index in [2.05, 4.69) is 58.8 Å². The number of carbonyl (C=O) groups excluding carboxylic acids is 2. The third kappa shape index (κ3) is 8.38. The maximum atomic E-state index is 13.6. The number of nitrogens with zero attached hydrogens (tertiary/aromatic N) is 2. The van der Waals surface area contributed by atoms with Gasteiger partial charge in [-0.25, -0.2) is 0 Å². The van der Waals surface area contributed by atoms with Crippen LogP contribution in [0.3, 0.4) is 0 Å². The van der Waals surface area contributed by atoms with Gasteiger partial charge in [0.1, 0.15) is 60.7 Å². The van der Waals surface area contributed by atoms with Crippen molar-refractivity contribution in [3.05, 3.63) is 76.4 Å². The number of benzene rings is 2. The highest BCUT2D eigenvalue weighted by Gasteiger charge is 2.67. The molecule has 20 atom stereocenters. The van der Waals surface area contributed by atoms with E-state index in [0.717, 1.165) is 61.4 Å². The van der Waals surface area contributed by atoms with Gasteiger partial charge in [-0.2, -0.15) is 0 Å². The summed E-state index contributed by atoms with van der Waals surface area (Å²) in [6, 6.07) is 8.84. The van der Waals surface area contributed by atoms with Crippen LogP contribution in [0.5, 0.6) is 17.2 Å². The van der Waals surface area contributed by atoms with Crippen LogP contribution in [0.2, 0.25) is 0 Å². The van der Waals surface area contributed by atoms with Crippen molar-refractivity contribution in [3.63, 3.8) is 0 Å². The molecule has 2 amide bonds. The van der Waals surface area contributed by atoms with E-state index in [1.807, 2.05) is 31.2 Å². The zero-order chi connectivity index (χ0) is 52.9. The van der Waals surface area contributed by atoms with Gasteiger partial charge in [-0.1, -0.05) is 64.1 Å². The van der Waals surface area contributed by atoms with Crippen LogP contribution >= 0.6 is 21.6 Å². The van der Waals surface area contributed by atoms with E-state index in [-0.39, 0.29) is 55.5 Å². The number of piperidine rings is 2. The molecule has 2 aromatic carbocycles. The molecule has 5 heterocycles. The first kappa shape index (κ1) is 53.1. The molecule has 5 aliphatic carbocycles. The molecule has 4 fully saturated rings. The van der Waals surface area contributed by atoms with Gasteiger partial charge in [0, 0.05) is 77.1 Å². The lowest BCUT2D eigenvalue weighted by Gasteiger charge is -2.57. The van der Waals surface area contributed by atoms with Gasteiger partial charge >= 0.3 is 0 Å². The fraction of sp³-hybridized carbons (Fsp3) is 0.673. The number of carbonyl (C=O) groups is 2. The smallest absolute Gasteiger partial charge is 0.252 e. The molecule has 76 heavy (non-hydrogen) atoms. The summed E-state index contributed by atoms with van der Waals surface area (Å²) in [5.74, 6) is 1.23. The van der Waals surface area contributed by atoms with Crippen LogP contribution in [-0.4, -0.2) is 214 Å². The predicted molar refractivity (Wildman–Crippen MR) is 279 cm³/mol. The Morgan fingerprint density at radius 3 is 1.92 bits per heavy atom. The molecule has 21 heteroatoms. The van der Waals surface area contributed by atoms with Gasteiger partial charge in [-0.05, 0) is 95.4 Å². The third-order valence-corrected chi connectivity index (χ3v) is 21.3. The van der Waals surface area contributed by atoms with Crippen LogP contribution in [0.25, 0.3) is 0 Å². The van der Waals surface area contributed by atoms with E-state index >= 15 is 0 Å². The molecule has 0 aromatic heterocycles.